The quantitative estimate of drug-likeness (QED) is 0.620. The Bertz CT molecular complexity index is 778. The Kier molecular flexibility index (Phi) is 6.12. The maximum absolute atomic E-state index is 12.1. The topological polar surface area (TPSA) is 62.7 Å². The van der Waals surface area contributed by atoms with E-state index in [1.165, 1.54) is 0 Å². The van der Waals surface area contributed by atoms with E-state index in [-0.39, 0.29) is 5.91 Å². The fraction of sp³-hybridized carbons (Fsp3) is 0.312. The van der Waals surface area contributed by atoms with E-state index in [0.717, 1.165) is 17.8 Å². The van der Waals surface area contributed by atoms with E-state index in [9.17, 15) is 4.79 Å². The number of carbonyl (C=O) groups excluding carboxylic acids is 1. The highest BCUT2D eigenvalue weighted by atomic mass is 35.5. The molecule has 1 aromatic carbocycles. The van der Waals surface area contributed by atoms with Gasteiger partial charge in [0.2, 0.25) is 5.91 Å². The molecule has 0 fully saturated rings. The fourth-order valence-corrected chi connectivity index (χ4v) is 2.62. The van der Waals surface area contributed by atoms with E-state index in [1.54, 1.807) is 13.0 Å². The minimum atomic E-state index is -0.113. The highest BCUT2D eigenvalue weighted by Crippen LogP contribution is 2.13. The lowest BCUT2D eigenvalue weighted by atomic mass is 10.1. The first-order chi connectivity index (χ1) is 11.0. The van der Waals surface area contributed by atoms with Gasteiger partial charge >= 0.3 is 0 Å². The Morgan fingerprint density at radius 1 is 1.52 bits per heavy atom. The standard InChI is InChI=1S/C16H19ClN4OS/c1-3-14-19-20-16(23)21(14)8-7-18-15(22)11(2)9-12-5-4-6-13(17)10-12/h4-6,9-10H,3,7-8H2,1-2H3,(H,18,22)(H,20,23). The van der Waals surface area contributed by atoms with Gasteiger partial charge in [0.25, 0.3) is 0 Å². The molecule has 122 valence electrons. The third-order valence-corrected chi connectivity index (χ3v) is 3.91. The number of rotatable bonds is 6. The normalized spacial score (nSPS) is 11.5. The molecule has 23 heavy (non-hydrogen) atoms. The van der Waals surface area contributed by atoms with Gasteiger partial charge in [0.05, 0.1) is 0 Å². The summed E-state index contributed by atoms with van der Waals surface area (Å²) in [6.45, 7) is 4.87. The summed E-state index contributed by atoms with van der Waals surface area (Å²) in [6, 6.07) is 7.37. The summed E-state index contributed by atoms with van der Waals surface area (Å²) >= 11 is 11.1. The van der Waals surface area contributed by atoms with Crippen LogP contribution in [-0.2, 0) is 17.8 Å². The largest absolute Gasteiger partial charge is 0.351 e. The number of H-pyrrole nitrogens is 1. The van der Waals surface area contributed by atoms with Crippen molar-refractivity contribution in [1.29, 1.82) is 0 Å². The zero-order valence-corrected chi connectivity index (χ0v) is 14.7. The zero-order chi connectivity index (χ0) is 16.8. The van der Waals surface area contributed by atoms with Gasteiger partial charge in [0.15, 0.2) is 4.77 Å². The van der Waals surface area contributed by atoms with E-state index in [4.69, 9.17) is 23.8 Å². The van der Waals surface area contributed by atoms with Crippen molar-refractivity contribution in [3.63, 3.8) is 0 Å². The second-order valence-corrected chi connectivity index (χ2v) is 5.91. The van der Waals surface area contributed by atoms with Gasteiger partial charge in [-0.1, -0.05) is 30.7 Å². The lowest BCUT2D eigenvalue weighted by Crippen LogP contribution is -2.28. The molecule has 0 unspecified atom stereocenters. The van der Waals surface area contributed by atoms with Crippen molar-refractivity contribution in [2.24, 2.45) is 0 Å². The van der Waals surface area contributed by atoms with Crippen molar-refractivity contribution in [2.45, 2.75) is 26.8 Å². The number of benzene rings is 1. The molecule has 0 aliphatic rings. The molecule has 0 bridgehead atoms. The van der Waals surface area contributed by atoms with Gasteiger partial charge < -0.3 is 9.88 Å². The molecular weight excluding hydrogens is 332 g/mol. The van der Waals surface area contributed by atoms with Gasteiger partial charge in [-0.05, 0) is 42.9 Å². The van der Waals surface area contributed by atoms with Gasteiger partial charge in [-0.3, -0.25) is 9.89 Å². The van der Waals surface area contributed by atoms with E-state index < -0.39 is 0 Å². The molecule has 0 atom stereocenters. The van der Waals surface area contributed by atoms with Gasteiger partial charge in [-0.25, -0.2) is 0 Å². The second kappa shape index (κ2) is 8.08. The zero-order valence-electron chi connectivity index (χ0n) is 13.1. The summed E-state index contributed by atoms with van der Waals surface area (Å²) in [6.07, 6.45) is 2.59. The van der Waals surface area contributed by atoms with E-state index in [0.29, 0.717) is 28.5 Å². The third-order valence-electron chi connectivity index (χ3n) is 3.36. The first-order valence-corrected chi connectivity index (χ1v) is 8.16. The molecule has 5 nitrogen and oxygen atoms in total. The summed E-state index contributed by atoms with van der Waals surface area (Å²) in [4.78, 5) is 12.1. The molecule has 2 aromatic rings. The SMILES string of the molecule is CCc1n[nH]c(=S)n1CCNC(=O)C(C)=Cc1cccc(Cl)c1. The summed E-state index contributed by atoms with van der Waals surface area (Å²) in [5, 5.41) is 10.4. The number of hydrogen-bond acceptors (Lipinski definition) is 3. The number of halogens is 1. The third kappa shape index (κ3) is 4.77. The molecule has 1 heterocycles. The van der Waals surface area contributed by atoms with E-state index >= 15 is 0 Å². The molecule has 7 heteroatoms. The van der Waals surface area contributed by atoms with Crippen LogP contribution in [0.15, 0.2) is 29.8 Å². The smallest absolute Gasteiger partial charge is 0.246 e. The molecule has 0 aliphatic heterocycles. The van der Waals surface area contributed by atoms with Crippen molar-refractivity contribution in [3.05, 3.63) is 51.0 Å². The Labute approximate surface area is 145 Å². The first kappa shape index (κ1) is 17.4. The number of amides is 1. The van der Waals surface area contributed by atoms with Gasteiger partial charge in [0.1, 0.15) is 5.82 Å². The molecule has 1 aromatic heterocycles. The Morgan fingerprint density at radius 2 is 2.30 bits per heavy atom. The molecule has 0 saturated carbocycles. The number of hydrogen-bond donors (Lipinski definition) is 2. The summed E-state index contributed by atoms with van der Waals surface area (Å²) in [5.41, 5.74) is 1.52. The van der Waals surface area contributed by atoms with Crippen LogP contribution in [-0.4, -0.2) is 27.2 Å². The number of nitrogens with zero attached hydrogens (tertiary/aromatic N) is 2. The predicted octanol–water partition coefficient (Wildman–Crippen LogP) is 3.38. The molecular formula is C16H19ClN4OS. The summed E-state index contributed by atoms with van der Waals surface area (Å²) in [5.74, 6) is 0.772. The number of aryl methyl sites for hydroxylation is 1. The molecule has 2 rings (SSSR count). The van der Waals surface area contributed by atoms with E-state index in [2.05, 4.69) is 15.5 Å². The van der Waals surface area contributed by atoms with Crippen LogP contribution in [0.3, 0.4) is 0 Å². The van der Waals surface area contributed by atoms with Crippen molar-refractivity contribution in [3.8, 4) is 0 Å². The lowest BCUT2D eigenvalue weighted by Gasteiger charge is -2.08. The molecule has 2 N–H and O–H groups in total. The minimum absolute atomic E-state index is 0.113. The maximum atomic E-state index is 12.1. The molecule has 0 aliphatic carbocycles. The average molecular weight is 351 g/mol. The molecule has 0 spiro atoms. The van der Waals surface area contributed by atoms with Crippen molar-refractivity contribution < 1.29 is 4.79 Å². The van der Waals surface area contributed by atoms with Gasteiger partial charge in [-0.15, -0.1) is 0 Å². The average Bonchev–Trinajstić information content (AvgIpc) is 2.87. The van der Waals surface area contributed by atoms with Crippen molar-refractivity contribution in [2.75, 3.05) is 6.54 Å². The van der Waals surface area contributed by atoms with Crippen molar-refractivity contribution >= 4 is 35.8 Å². The number of aromatic amines is 1. The second-order valence-electron chi connectivity index (χ2n) is 5.09. The van der Waals surface area contributed by atoms with Crippen LogP contribution in [0.4, 0.5) is 0 Å². The minimum Gasteiger partial charge on any atom is -0.351 e. The Morgan fingerprint density at radius 3 is 3.00 bits per heavy atom. The van der Waals surface area contributed by atoms with Crippen LogP contribution >= 0.6 is 23.8 Å². The van der Waals surface area contributed by atoms with Crippen molar-refractivity contribution in [1.82, 2.24) is 20.1 Å². The van der Waals surface area contributed by atoms with Gasteiger partial charge in [-0.2, -0.15) is 5.10 Å². The predicted molar refractivity (Wildman–Crippen MR) is 94.9 cm³/mol. The Balaban J connectivity index is 1.94. The molecule has 0 radical (unpaired) electrons. The van der Waals surface area contributed by atoms with Crippen LogP contribution in [0.5, 0.6) is 0 Å². The monoisotopic (exact) mass is 350 g/mol. The number of carbonyl (C=O) groups is 1. The maximum Gasteiger partial charge on any atom is 0.246 e. The van der Waals surface area contributed by atoms with Crippen LogP contribution in [0.2, 0.25) is 5.02 Å². The van der Waals surface area contributed by atoms with Crippen LogP contribution in [0, 0.1) is 4.77 Å². The number of nitrogens with one attached hydrogen (secondary N) is 2. The highest BCUT2D eigenvalue weighted by Gasteiger charge is 2.06. The fourth-order valence-electron chi connectivity index (χ4n) is 2.18. The lowest BCUT2D eigenvalue weighted by molar-refractivity contribution is -0.117. The number of aromatic nitrogens is 3. The summed E-state index contributed by atoms with van der Waals surface area (Å²) < 4.78 is 2.47. The van der Waals surface area contributed by atoms with Crippen LogP contribution in [0.25, 0.3) is 6.08 Å². The highest BCUT2D eigenvalue weighted by molar-refractivity contribution is 7.71. The summed E-state index contributed by atoms with van der Waals surface area (Å²) in [7, 11) is 0. The Hall–Kier alpha value is -1.92. The first-order valence-electron chi connectivity index (χ1n) is 7.37. The van der Waals surface area contributed by atoms with Gasteiger partial charge in [0, 0.05) is 30.1 Å². The molecule has 0 saturated heterocycles. The van der Waals surface area contributed by atoms with Crippen LogP contribution < -0.4 is 5.32 Å². The molecule has 1 amide bonds. The van der Waals surface area contributed by atoms with E-state index in [1.807, 2.05) is 35.8 Å². The van der Waals surface area contributed by atoms with Crippen LogP contribution in [0.1, 0.15) is 25.2 Å².